The number of allylic oxidation sites excluding steroid dienone is 12. The molecule has 0 amide bonds. The third-order valence-corrected chi connectivity index (χ3v) is 8.77. The van der Waals surface area contributed by atoms with Crippen molar-refractivity contribution in [2.24, 2.45) is 20.0 Å². The van der Waals surface area contributed by atoms with E-state index in [1.54, 1.807) is 0 Å². The van der Waals surface area contributed by atoms with Gasteiger partial charge in [0.1, 0.15) is 0 Å². The Hall–Kier alpha value is -2.82. The van der Waals surface area contributed by atoms with Gasteiger partial charge in [0.05, 0.1) is 45.6 Å². The van der Waals surface area contributed by atoms with E-state index in [2.05, 4.69) is 79.7 Å². The predicted molar refractivity (Wildman–Crippen MR) is 187 cm³/mol. The lowest BCUT2D eigenvalue weighted by Gasteiger charge is -2.14. The lowest BCUT2D eigenvalue weighted by atomic mass is 9.88. The zero-order valence-electron chi connectivity index (χ0n) is 26.6. The molecule has 0 saturated heterocycles. The highest BCUT2D eigenvalue weighted by molar-refractivity contribution is 6.22. The van der Waals surface area contributed by atoms with Crippen LogP contribution < -0.4 is 0 Å². The van der Waals surface area contributed by atoms with Gasteiger partial charge >= 0.3 is 0 Å². The van der Waals surface area contributed by atoms with Crippen molar-refractivity contribution in [3.05, 3.63) is 91.7 Å². The molecule has 0 aromatic carbocycles. The average molecular weight is 606 g/mol. The molecule has 4 nitrogen and oxygen atoms in total. The Morgan fingerprint density at radius 1 is 0.429 bits per heavy atom. The second-order valence-corrected chi connectivity index (χ2v) is 10.7. The van der Waals surface area contributed by atoms with Gasteiger partial charge in [0.2, 0.25) is 0 Å². The van der Waals surface area contributed by atoms with Gasteiger partial charge in [-0.2, -0.15) is 0 Å². The molecule has 0 aromatic heterocycles. The van der Waals surface area contributed by atoms with Crippen LogP contribution in [0.2, 0.25) is 0 Å². The van der Waals surface area contributed by atoms with Crippen molar-refractivity contribution in [2.75, 3.05) is 0 Å². The molecule has 0 atom stereocenters. The van der Waals surface area contributed by atoms with Gasteiger partial charge in [-0.25, -0.2) is 20.0 Å². The summed E-state index contributed by atoms with van der Waals surface area (Å²) in [5, 5.41) is 0. The van der Waals surface area contributed by atoms with Crippen molar-refractivity contribution in [3.63, 3.8) is 0 Å². The maximum absolute atomic E-state index is 5.54. The Kier molecular flexibility index (Phi) is 11.3. The molecule has 42 heavy (non-hydrogen) atoms. The standard InChI is InChI=1S/C36H44N4.2ClH/c1-9-23-25(11-3)33-29(15-7)35-27(13-5)28(14-6)36(40-35)30(16-8)34-26(12-4)24(10-2)32(39-34)20-22-18-17-21(37-22)19-31(23)38-33;;/h17-20H,9-16H2,1-8H3;2*1H. The molecule has 0 radical (unpaired) electrons. The Balaban J connectivity index is 0.00000242. The van der Waals surface area contributed by atoms with Crippen LogP contribution in [0.5, 0.6) is 0 Å². The molecule has 5 aliphatic rings. The molecule has 0 spiro atoms. The molecule has 0 unspecified atom stereocenters. The number of hydrogen-bond acceptors (Lipinski definition) is 4. The summed E-state index contributed by atoms with van der Waals surface area (Å²) in [7, 11) is 0. The maximum atomic E-state index is 5.54. The van der Waals surface area contributed by atoms with Crippen LogP contribution >= 0.6 is 24.8 Å². The first-order valence-corrected chi connectivity index (χ1v) is 15.6. The molecular formula is C36H46Cl2N4. The normalized spacial score (nSPS) is 19.6. The Labute approximate surface area is 265 Å². The van der Waals surface area contributed by atoms with Gasteiger partial charge in [-0.3, -0.25) is 0 Å². The van der Waals surface area contributed by atoms with E-state index in [-0.39, 0.29) is 24.8 Å². The molecule has 5 rings (SSSR count). The molecule has 5 aliphatic heterocycles. The van der Waals surface area contributed by atoms with Crippen LogP contribution in [0.25, 0.3) is 0 Å². The van der Waals surface area contributed by atoms with Crippen LogP contribution in [0.3, 0.4) is 0 Å². The fraction of sp³-hybridized carbons (Fsp3) is 0.444. The van der Waals surface area contributed by atoms with E-state index in [1.165, 1.54) is 44.6 Å². The third kappa shape index (κ3) is 5.49. The van der Waals surface area contributed by atoms with Crippen LogP contribution in [0.1, 0.15) is 107 Å². The highest BCUT2D eigenvalue weighted by Crippen LogP contribution is 2.43. The van der Waals surface area contributed by atoms with Crippen molar-refractivity contribution >= 4 is 47.7 Å². The summed E-state index contributed by atoms with van der Waals surface area (Å²) in [6, 6.07) is 0. The number of halogens is 2. The van der Waals surface area contributed by atoms with Crippen molar-refractivity contribution < 1.29 is 0 Å². The Morgan fingerprint density at radius 2 is 0.905 bits per heavy atom. The van der Waals surface area contributed by atoms with Crippen LogP contribution in [-0.4, -0.2) is 22.8 Å². The molecule has 6 heteroatoms. The number of aliphatic imine (C=N–C) groups is 4. The predicted octanol–water partition coefficient (Wildman–Crippen LogP) is 10.7. The first-order valence-electron chi connectivity index (χ1n) is 15.6. The Morgan fingerprint density at radius 3 is 1.45 bits per heavy atom. The van der Waals surface area contributed by atoms with Crippen molar-refractivity contribution in [1.82, 2.24) is 0 Å². The van der Waals surface area contributed by atoms with E-state index in [1.807, 2.05) is 0 Å². The summed E-state index contributed by atoms with van der Waals surface area (Å²) in [4.78, 5) is 21.2. The van der Waals surface area contributed by atoms with Crippen LogP contribution in [0.4, 0.5) is 0 Å². The van der Waals surface area contributed by atoms with Crippen molar-refractivity contribution in [3.8, 4) is 0 Å². The van der Waals surface area contributed by atoms with Gasteiger partial charge in [-0.15, -0.1) is 24.8 Å². The number of hydrogen-bond donors (Lipinski definition) is 0. The largest absolute Gasteiger partial charge is 0.249 e. The van der Waals surface area contributed by atoms with Crippen LogP contribution in [0, 0.1) is 0 Å². The highest BCUT2D eigenvalue weighted by Gasteiger charge is 2.33. The molecule has 0 aromatic rings. The van der Waals surface area contributed by atoms with Gasteiger partial charge in [0.25, 0.3) is 0 Å². The summed E-state index contributed by atoms with van der Waals surface area (Å²) in [5.41, 5.74) is 19.3. The van der Waals surface area contributed by atoms with Gasteiger partial charge < -0.3 is 0 Å². The van der Waals surface area contributed by atoms with E-state index in [9.17, 15) is 0 Å². The highest BCUT2D eigenvalue weighted by atomic mass is 35.5. The quantitative estimate of drug-likeness (QED) is 0.264. The summed E-state index contributed by atoms with van der Waals surface area (Å²) in [6.07, 6.45) is 16.1. The van der Waals surface area contributed by atoms with Gasteiger partial charge in [0, 0.05) is 11.1 Å². The summed E-state index contributed by atoms with van der Waals surface area (Å²) in [5.74, 6) is 0. The number of rotatable bonds is 8. The van der Waals surface area contributed by atoms with Crippen LogP contribution in [-0.2, 0) is 0 Å². The van der Waals surface area contributed by atoms with E-state index in [0.717, 1.165) is 97.0 Å². The molecule has 8 bridgehead atoms. The molecule has 224 valence electrons. The second kappa shape index (κ2) is 14.1. The summed E-state index contributed by atoms with van der Waals surface area (Å²) < 4.78 is 0. The van der Waals surface area contributed by atoms with Gasteiger partial charge in [-0.1, -0.05) is 55.4 Å². The minimum atomic E-state index is 0. The summed E-state index contributed by atoms with van der Waals surface area (Å²) >= 11 is 0. The lowest BCUT2D eigenvalue weighted by molar-refractivity contribution is 1.02. The molecule has 5 heterocycles. The third-order valence-electron chi connectivity index (χ3n) is 8.77. The van der Waals surface area contributed by atoms with Crippen molar-refractivity contribution in [1.29, 1.82) is 0 Å². The molecule has 0 aliphatic carbocycles. The Bertz CT molecular complexity index is 1540. The minimum Gasteiger partial charge on any atom is -0.249 e. The fourth-order valence-electron chi connectivity index (χ4n) is 6.92. The zero-order chi connectivity index (χ0) is 28.6. The first kappa shape index (κ1) is 33.7. The lowest BCUT2D eigenvalue weighted by Crippen LogP contribution is -2.07. The molecule has 0 saturated carbocycles. The van der Waals surface area contributed by atoms with E-state index >= 15 is 0 Å². The van der Waals surface area contributed by atoms with E-state index < -0.39 is 0 Å². The first-order chi connectivity index (χ1) is 19.5. The average Bonchev–Trinajstić information content (AvgIpc) is 3.73. The zero-order valence-corrected chi connectivity index (χ0v) is 28.2. The van der Waals surface area contributed by atoms with E-state index in [0.29, 0.717) is 0 Å². The second-order valence-electron chi connectivity index (χ2n) is 10.7. The van der Waals surface area contributed by atoms with Crippen molar-refractivity contribution in [2.45, 2.75) is 107 Å². The number of nitrogens with zero attached hydrogens (tertiary/aromatic N) is 4. The fourth-order valence-corrected chi connectivity index (χ4v) is 6.92. The van der Waals surface area contributed by atoms with Gasteiger partial charge in [-0.05, 0) is 109 Å². The SMILES string of the molecule is CCC1=C(CC)C2=NC1=CC1=NC(=CC3=NC(=C(CC)C4=NC(=C2CC)C(CC)=C4CC)C(CC)=C3CC)C=C1.Cl.Cl. The van der Waals surface area contributed by atoms with Gasteiger partial charge in [0.15, 0.2) is 0 Å². The van der Waals surface area contributed by atoms with Crippen LogP contribution in [0.15, 0.2) is 112 Å². The summed E-state index contributed by atoms with van der Waals surface area (Å²) in [6.45, 7) is 18.1. The molecular weight excluding hydrogens is 559 g/mol. The smallest absolute Gasteiger partial charge is 0.0726 e. The number of fused-ring (bicyclic) bond motifs is 4. The minimum absolute atomic E-state index is 0. The topological polar surface area (TPSA) is 49.4 Å². The molecule has 0 N–H and O–H groups in total. The molecule has 0 fully saturated rings. The maximum Gasteiger partial charge on any atom is 0.0726 e. The van der Waals surface area contributed by atoms with E-state index in [4.69, 9.17) is 20.0 Å². The monoisotopic (exact) mass is 604 g/mol.